The van der Waals surface area contributed by atoms with Crippen molar-refractivity contribution in [3.8, 4) is 11.4 Å². The third-order valence-corrected chi connectivity index (χ3v) is 3.58. The monoisotopic (exact) mass is 363 g/mol. The van der Waals surface area contributed by atoms with Crippen LogP contribution in [0.1, 0.15) is 31.7 Å². The summed E-state index contributed by atoms with van der Waals surface area (Å²) in [5, 5.41) is 5.47. The summed E-state index contributed by atoms with van der Waals surface area (Å²) in [5.74, 6) is -5.72. The van der Waals surface area contributed by atoms with E-state index in [1.54, 1.807) is 13.8 Å². The lowest BCUT2D eigenvalue weighted by molar-refractivity contribution is -0.159. The Morgan fingerprint density at radius 2 is 1.96 bits per heavy atom. The van der Waals surface area contributed by atoms with Crippen LogP contribution in [0.4, 0.5) is 22.0 Å². The first kappa shape index (κ1) is 18.8. The smallest absolute Gasteiger partial charge is 0.352 e. The Bertz CT molecular complexity index is 773. The minimum atomic E-state index is -4.89. The average molecular weight is 363 g/mol. The predicted molar refractivity (Wildman–Crippen MR) is 76.0 cm³/mol. The summed E-state index contributed by atoms with van der Waals surface area (Å²) in [4.78, 5) is 14.7. The third-order valence-electron chi connectivity index (χ3n) is 3.58. The van der Waals surface area contributed by atoms with Crippen LogP contribution < -0.4 is 5.32 Å². The second-order valence-electron chi connectivity index (χ2n) is 5.35. The molecule has 0 aliphatic carbocycles. The van der Waals surface area contributed by atoms with Crippen LogP contribution >= 0.6 is 0 Å². The number of hydrogen-bond acceptors (Lipinski definition) is 4. The Morgan fingerprint density at radius 3 is 2.52 bits per heavy atom. The lowest BCUT2D eigenvalue weighted by Crippen LogP contribution is -2.28. The number of carbonyl (C=O) groups is 1. The van der Waals surface area contributed by atoms with Crippen LogP contribution in [0.3, 0.4) is 0 Å². The zero-order chi connectivity index (χ0) is 18.8. The van der Waals surface area contributed by atoms with Crippen molar-refractivity contribution in [1.29, 1.82) is 0 Å². The highest BCUT2D eigenvalue weighted by atomic mass is 19.4. The molecule has 1 unspecified atom stereocenters. The van der Waals surface area contributed by atoms with E-state index in [1.807, 2.05) is 0 Å². The van der Waals surface area contributed by atoms with Gasteiger partial charge in [-0.05, 0) is 12.5 Å². The fraction of sp³-hybridized carbons (Fsp3) is 0.400. The molecule has 2 aromatic rings. The van der Waals surface area contributed by atoms with Crippen molar-refractivity contribution in [2.75, 3.05) is 0 Å². The predicted octanol–water partition coefficient (Wildman–Crippen LogP) is 3.70. The molecule has 1 amide bonds. The zero-order valence-corrected chi connectivity index (χ0v) is 13.2. The average Bonchev–Trinajstić information content (AvgIpc) is 3.05. The Kier molecular flexibility index (Phi) is 5.39. The van der Waals surface area contributed by atoms with Gasteiger partial charge in [0.25, 0.3) is 0 Å². The van der Waals surface area contributed by atoms with Crippen LogP contribution in [0, 0.1) is 17.6 Å². The van der Waals surface area contributed by atoms with Gasteiger partial charge in [-0.15, -0.1) is 0 Å². The number of amides is 1. The highest BCUT2D eigenvalue weighted by molar-refractivity contribution is 5.78. The summed E-state index contributed by atoms with van der Waals surface area (Å²) in [6.07, 6.45) is -4.30. The largest absolute Gasteiger partial charge is 0.471 e. The summed E-state index contributed by atoms with van der Waals surface area (Å²) < 4.78 is 69.5. The molecule has 136 valence electrons. The highest BCUT2D eigenvalue weighted by Gasteiger charge is 2.38. The molecule has 10 heteroatoms. The molecule has 0 saturated carbocycles. The van der Waals surface area contributed by atoms with E-state index in [1.165, 1.54) is 0 Å². The van der Waals surface area contributed by atoms with Gasteiger partial charge in [0.15, 0.2) is 11.6 Å². The fourth-order valence-electron chi connectivity index (χ4n) is 1.89. The molecule has 1 heterocycles. The Hall–Kier alpha value is -2.52. The molecular weight excluding hydrogens is 349 g/mol. The number of hydrogen-bond donors (Lipinski definition) is 1. The first-order chi connectivity index (χ1) is 11.6. The van der Waals surface area contributed by atoms with E-state index in [-0.39, 0.29) is 23.9 Å². The molecule has 0 fully saturated rings. The number of rotatable bonds is 5. The highest BCUT2D eigenvalue weighted by Crippen LogP contribution is 2.31. The van der Waals surface area contributed by atoms with Gasteiger partial charge in [-0.3, -0.25) is 4.79 Å². The van der Waals surface area contributed by atoms with Crippen LogP contribution in [0.25, 0.3) is 11.4 Å². The molecule has 25 heavy (non-hydrogen) atoms. The van der Waals surface area contributed by atoms with Crippen molar-refractivity contribution in [2.45, 2.75) is 33.0 Å². The van der Waals surface area contributed by atoms with E-state index < -0.39 is 35.1 Å². The zero-order valence-electron chi connectivity index (χ0n) is 13.2. The third kappa shape index (κ3) is 4.12. The maximum absolute atomic E-state index is 14.1. The van der Waals surface area contributed by atoms with E-state index in [2.05, 4.69) is 20.0 Å². The van der Waals surface area contributed by atoms with Gasteiger partial charge in [0.1, 0.15) is 0 Å². The lowest BCUT2D eigenvalue weighted by Gasteiger charge is -2.11. The summed E-state index contributed by atoms with van der Waals surface area (Å²) in [6.45, 7) is 3.23. The summed E-state index contributed by atoms with van der Waals surface area (Å²) >= 11 is 0. The molecule has 1 atom stereocenters. The van der Waals surface area contributed by atoms with Gasteiger partial charge in [-0.2, -0.15) is 18.2 Å². The number of benzene rings is 1. The number of alkyl halides is 3. The van der Waals surface area contributed by atoms with Crippen LogP contribution in [0.15, 0.2) is 16.7 Å². The number of carbonyl (C=O) groups excluding carboxylic acids is 1. The molecule has 1 aromatic heterocycles. The van der Waals surface area contributed by atoms with Gasteiger partial charge in [-0.1, -0.05) is 25.1 Å². The van der Waals surface area contributed by atoms with Crippen molar-refractivity contribution in [3.05, 3.63) is 35.2 Å². The summed E-state index contributed by atoms with van der Waals surface area (Å²) in [6, 6.07) is 2.16. The van der Waals surface area contributed by atoms with E-state index in [4.69, 9.17) is 0 Å². The molecule has 0 bridgehead atoms. The van der Waals surface area contributed by atoms with Crippen LogP contribution in [-0.2, 0) is 17.5 Å². The first-order valence-corrected chi connectivity index (χ1v) is 7.31. The molecule has 2 rings (SSSR count). The molecule has 1 aromatic carbocycles. The minimum absolute atomic E-state index is 0.155. The maximum Gasteiger partial charge on any atom is 0.471 e. The Balaban J connectivity index is 2.23. The van der Waals surface area contributed by atoms with E-state index in [0.29, 0.717) is 6.42 Å². The molecule has 0 saturated heterocycles. The van der Waals surface area contributed by atoms with Gasteiger partial charge in [0.05, 0.1) is 5.56 Å². The summed E-state index contributed by atoms with van der Waals surface area (Å²) in [7, 11) is 0. The van der Waals surface area contributed by atoms with Crippen LogP contribution in [0.2, 0.25) is 0 Å². The fourth-order valence-corrected chi connectivity index (χ4v) is 1.89. The number of nitrogens with zero attached hydrogens (tertiary/aromatic N) is 2. The Labute approximate surface area is 139 Å². The molecule has 5 nitrogen and oxygen atoms in total. The lowest BCUT2D eigenvalue weighted by atomic mass is 10.1. The minimum Gasteiger partial charge on any atom is -0.352 e. The summed E-state index contributed by atoms with van der Waals surface area (Å²) in [5.41, 5.74) is -0.730. The standard InChI is InChI=1S/C15H14F5N3O2/c1-3-7(2)13(24)21-6-8-4-5-9(11(17)10(8)16)12-22-14(25-23-12)15(18,19)20/h4-5,7H,3,6H2,1-2H3,(H,21,24). The normalized spacial score (nSPS) is 12.9. The Morgan fingerprint density at radius 1 is 1.28 bits per heavy atom. The van der Waals surface area contributed by atoms with Gasteiger partial charge < -0.3 is 9.84 Å². The molecule has 0 aliphatic rings. The van der Waals surface area contributed by atoms with Crippen molar-refractivity contribution in [2.24, 2.45) is 5.92 Å². The molecule has 1 N–H and O–H groups in total. The second kappa shape index (κ2) is 7.16. The van der Waals surface area contributed by atoms with Crippen molar-refractivity contribution in [3.63, 3.8) is 0 Å². The number of aromatic nitrogens is 2. The van der Waals surface area contributed by atoms with Gasteiger partial charge in [0, 0.05) is 18.0 Å². The molecule has 0 radical (unpaired) electrons. The number of halogens is 5. The van der Waals surface area contributed by atoms with E-state index in [0.717, 1.165) is 12.1 Å². The topological polar surface area (TPSA) is 68.0 Å². The van der Waals surface area contributed by atoms with Gasteiger partial charge in [0.2, 0.25) is 11.7 Å². The van der Waals surface area contributed by atoms with Crippen LogP contribution in [-0.4, -0.2) is 16.0 Å². The first-order valence-electron chi connectivity index (χ1n) is 7.31. The molecule has 0 aliphatic heterocycles. The SMILES string of the molecule is CCC(C)C(=O)NCc1ccc(-c2noc(C(F)(F)F)n2)c(F)c1F. The van der Waals surface area contributed by atoms with E-state index in [9.17, 15) is 26.7 Å². The maximum atomic E-state index is 14.1. The number of nitrogens with one attached hydrogen (secondary N) is 1. The molecular formula is C15H14F5N3O2. The van der Waals surface area contributed by atoms with Crippen molar-refractivity contribution >= 4 is 5.91 Å². The second-order valence-corrected chi connectivity index (χ2v) is 5.35. The van der Waals surface area contributed by atoms with Gasteiger partial charge in [-0.25, -0.2) is 8.78 Å². The van der Waals surface area contributed by atoms with Crippen molar-refractivity contribution in [1.82, 2.24) is 15.5 Å². The van der Waals surface area contributed by atoms with Crippen LogP contribution in [0.5, 0.6) is 0 Å². The van der Waals surface area contributed by atoms with Crippen molar-refractivity contribution < 1.29 is 31.3 Å². The van der Waals surface area contributed by atoms with Gasteiger partial charge >= 0.3 is 12.1 Å². The molecule has 0 spiro atoms. The van der Waals surface area contributed by atoms with E-state index >= 15 is 0 Å². The quantitative estimate of drug-likeness (QED) is 0.823.